The normalized spacial score (nSPS) is 24.8. The number of amides is 1. The van der Waals surface area contributed by atoms with Crippen molar-refractivity contribution in [3.63, 3.8) is 0 Å². The van der Waals surface area contributed by atoms with Crippen LogP contribution in [0.5, 0.6) is 0 Å². The smallest absolute Gasteiger partial charge is 0.238 e. The molecule has 1 aromatic carbocycles. The van der Waals surface area contributed by atoms with Crippen LogP contribution in [-0.4, -0.2) is 18.1 Å². The van der Waals surface area contributed by atoms with Gasteiger partial charge in [-0.2, -0.15) is 0 Å². The molecule has 2 rings (SSSR count). The van der Waals surface area contributed by atoms with Crippen LogP contribution in [0, 0.1) is 5.92 Å². The minimum Gasteiger partial charge on any atom is -0.338 e. The molecule has 1 amide bonds. The topological polar surface area (TPSA) is 79.2 Å². The number of benzene rings is 1. The summed E-state index contributed by atoms with van der Waals surface area (Å²) in [5.74, 6) is 0.190. The van der Waals surface area contributed by atoms with Crippen molar-refractivity contribution >= 4 is 34.2 Å². The van der Waals surface area contributed by atoms with E-state index in [-0.39, 0.29) is 36.4 Å². The van der Waals surface area contributed by atoms with Crippen molar-refractivity contribution in [1.29, 1.82) is 0 Å². The highest BCUT2D eigenvalue weighted by molar-refractivity contribution is 9.10. The lowest BCUT2D eigenvalue weighted by atomic mass is 9.90. The number of carbonyl (C=O) groups excluding carboxylic acids is 1. The SMILES string of the molecule is CCCC(N)C(=O)NC1NNC(c2ccc(Br)cc2)C1CC.Cl. The van der Waals surface area contributed by atoms with Crippen molar-refractivity contribution in [3.8, 4) is 0 Å². The van der Waals surface area contributed by atoms with Crippen LogP contribution < -0.4 is 21.9 Å². The van der Waals surface area contributed by atoms with E-state index in [0.717, 1.165) is 17.3 Å². The summed E-state index contributed by atoms with van der Waals surface area (Å²) in [5, 5.41) is 3.03. The van der Waals surface area contributed by atoms with Crippen LogP contribution in [0.4, 0.5) is 0 Å². The molecule has 0 saturated carbocycles. The fraction of sp³-hybridized carbons (Fsp3) is 0.562. The molecule has 1 saturated heterocycles. The number of carbonyl (C=O) groups is 1. The second-order valence-corrected chi connectivity index (χ2v) is 6.69. The number of hydrogen-bond donors (Lipinski definition) is 4. The molecule has 0 aromatic heterocycles. The van der Waals surface area contributed by atoms with Gasteiger partial charge in [-0.25, -0.2) is 10.9 Å². The van der Waals surface area contributed by atoms with Crippen molar-refractivity contribution in [1.82, 2.24) is 16.2 Å². The molecular weight excluding hydrogens is 380 g/mol. The Balaban J connectivity index is 0.00000264. The van der Waals surface area contributed by atoms with Gasteiger partial charge in [0.25, 0.3) is 0 Å². The third-order valence-electron chi connectivity index (χ3n) is 4.19. The molecule has 1 aliphatic rings. The van der Waals surface area contributed by atoms with Crippen LogP contribution in [0.3, 0.4) is 0 Å². The molecule has 1 aliphatic heterocycles. The highest BCUT2D eigenvalue weighted by Crippen LogP contribution is 2.30. The van der Waals surface area contributed by atoms with Crippen LogP contribution in [0.15, 0.2) is 28.7 Å². The van der Waals surface area contributed by atoms with Gasteiger partial charge in [-0.15, -0.1) is 12.4 Å². The predicted molar refractivity (Wildman–Crippen MR) is 99.0 cm³/mol. The molecule has 0 spiro atoms. The Morgan fingerprint density at radius 3 is 2.52 bits per heavy atom. The third-order valence-corrected chi connectivity index (χ3v) is 4.71. The molecule has 1 fully saturated rings. The Hall–Kier alpha value is -0.660. The molecule has 0 aliphatic carbocycles. The molecule has 7 heteroatoms. The zero-order chi connectivity index (χ0) is 16.1. The number of rotatable bonds is 6. The Morgan fingerprint density at radius 2 is 1.96 bits per heavy atom. The van der Waals surface area contributed by atoms with Gasteiger partial charge in [-0.05, 0) is 30.5 Å². The molecule has 4 unspecified atom stereocenters. The Labute approximate surface area is 152 Å². The average Bonchev–Trinajstić information content (AvgIpc) is 2.90. The Bertz CT molecular complexity index is 499. The first-order chi connectivity index (χ1) is 10.6. The van der Waals surface area contributed by atoms with Gasteiger partial charge >= 0.3 is 0 Å². The van der Waals surface area contributed by atoms with Crippen molar-refractivity contribution in [3.05, 3.63) is 34.3 Å². The lowest BCUT2D eigenvalue weighted by Crippen LogP contribution is -2.52. The maximum atomic E-state index is 12.1. The highest BCUT2D eigenvalue weighted by Gasteiger charge is 2.36. The molecule has 1 aromatic rings. The zero-order valence-corrected chi connectivity index (χ0v) is 15.9. The fourth-order valence-electron chi connectivity index (χ4n) is 2.90. The zero-order valence-electron chi connectivity index (χ0n) is 13.5. The van der Waals surface area contributed by atoms with Gasteiger partial charge in [0.2, 0.25) is 5.91 Å². The molecule has 1 heterocycles. The van der Waals surface area contributed by atoms with Gasteiger partial charge in [0, 0.05) is 10.4 Å². The Kier molecular flexibility index (Phi) is 8.50. The first-order valence-electron chi connectivity index (χ1n) is 7.89. The summed E-state index contributed by atoms with van der Waals surface area (Å²) < 4.78 is 1.06. The quantitative estimate of drug-likeness (QED) is 0.586. The molecule has 23 heavy (non-hydrogen) atoms. The van der Waals surface area contributed by atoms with E-state index < -0.39 is 6.04 Å². The highest BCUT2D eigenvalue weighted by atomic mass is 79.9. The summed E-state index contributed by atoms with van der Waals surface area (Å²) in [6.07, 6.45) is 2.46. The molecule has 5 nitrogen and oxygen atoms in total. The monoisotopic (exact) mass is 404 g/mol. The van der Waals surface area contributed by atoms with Crippen LogP contribution in [0.1, 0.15) is 44.7 Å². The van der Waals surface area contributed by atoms with Crippen LogP contribution >= 0.6 is 28.3 Å². The second-order valence-electron chi connectivity index (χ2n) is 5.77. The number of hydrogen-bond acceptors (Lipinski definition) is 4. The number of hydrazine groups is 1. The minimum atomic E-state index is -0.434. The second kappa shape index (κ2) is 9.59. The van der Waals surface area contributed by atoms with Crippen LogP contribution in [0.25, 0.3) is 0 Å². The van der Waals surface area contributed by atoms with Gasteiger partial charge in [0.15, 0.2) is 0 Å². The summed E-state index contributed by atoms with van der Waals surface area (Å²) in [5.41, 5.74) is 13.6. The lowest BCUT2D eigenvalue weighted by molar-refractivity contribution is -0.123. The van der Waals surface area contributed by atoms with E-state index in [9.17, 15) is 4.79 Å². The van der Waals surface area contributed by atoms with E-state index in [1.165, 1.54) is 5.56 Å². The summed E-state index contributed by atoms with van der Waals surface area (Å²) >= 11 is 3.45. The maximum Gasteiger partial charge on any atom is 0.238 e. The van der Waals surface area contributed by atoms with E-state index >= 15 is 0 Å². The van der Waals surface area contributed by atoms with E-state index in [1.807, 2.05) is 19.1 Å². The first-order valence-corrected chi connectivity index (χ1v) is 8.68. The van der Waals surface area contributed by atoms with Gasteiger partial charge in [0.1, 0.15) is 0 Å². The predicted octanol–water partition coefficient (Wildman–Crippen LogP) is 2.62. The number of nitrogens with two attached hydrogens (primary N) is 1. The van der Waals surface area contributed by atoms with Crippen molar-refractivity contribution in [2.45, 2.75) is 51.4 Å². The molecular formula is C16H26BrClN4O. The Morgan fingerprint density at radius 1 is 1.30 bits per heavy atom. The third kappa shape index (κ3) is 5.16. The van der Waals surface area contributed by atoms with E-state index in [0.29, 0.717) is 6.42 Å². The molecule has 4 atom stereocenters. The summed E-state index contributed by atoms with van der Waals surface area (Å²) in [7, 11) is 0. The number of halogens is 2. The van der Waals surface area contributed by atoms with Crippen molar-refractivity contribution < 1.29 is 4.79 Å². The van der Waals surface area contributed by atoms with E-state index in [4.69, 9.17) is 5.73 Å². The molecule has 130 valence electrons. The van der Waals surface area contributed by atoms with Crippen LogP contribution in [-0.2, 0) is 4.79 Å². The maximum absolute atomic E-state index is 12.1. The summed E-state index contributed by atoms with van der Waals surface area (Å²) in [6.45, 7) is 4.16. The number of nitrogens with one attached hydrogen (secondary N) is 3. The largest absolute Gasteiger partial charge is 0.338 e. The average molecular weight is 406 g/mol. The lowest BCUT2D eigenvalue weighted by Gasteiger charge is -2.24. The standard InChI is InChI=1S/C16H25BrN4O.ClH/c1-3-5-13(18)16(22)19-15-12(4-2)14(20-21-15)10-6-8-11(17)9-7-10;/h6-9,12-15,20-21H,3-5,18H2,1-2H3,(H,19,22);1H. The van der Waals surface area contributed by atoms with Gasteiger partial charge in [-0.1, -0.05) is 48.3 Å². The van der Waals surface area contributed by atoms with Crippen molar-refractivity contribution in [2.75, 3.05) is 0 Å². The summed E-state index contributed by atoms with van der Waals surface area (Å²) in [6, 6.07) is 8.00. The fourth-order valence-corrected chi connectivity index (χ4v) is 3.17. The van der Waals surface area contributed by atoms with Gasteiger partial charge in [-0.3, -0.25) is 4.79 Å². The van der Waals surface area contributed by atoms with Crippen LogP contribution in [0.2, 0.25) is 0 Å². The van der Waals surface area contributed by atoms with E-state index in [1.54, 1.807) is 0 Å². The molecule has 0 bridgehead atoms. The van der Waals surface area contributed by atoms with Gasteiger partial charge < -0.3 is 11.1 Å². The summed E-state index contributed by atoms with van der Waals surface area (Å²) in [4.78, 5) is 12.1. The van der Waals surface area contributed by atoms with Gasteiger partial charge in [0.05, 0.1) is 18.2 Å². The van der Waals surface area contributed by atoms with E-state index in [2.05, 4.69) is 51.2 Å². The molecule has 5 N–H and O–H groups in total. The first kappa shape index (κ1) is 20.4. The van der Waals surface area contributed by atoms with Crippen molar-refractivity contribution in [2.24, 2.45) is 11.7 Å². The minimum absolute atomic E-state index is 0. The molecule has 0 radical (unpaired) electrons.